The first-order valence-electron chi connectivity index (χ1n) is 6.72. The van der Waals surface area contributed by atoms with Crippen molar-refractivity contribution in [3.05, 3.63) is 53.9 Å². The van der Waals surface area contributed by atoms with E-state index in [1.54, 1.807) is 0 Å². The molecular formula is C17H22N2. The van der Waals surface area contributed by atoms with Gasteiger partial charge in [0.15, 0.2) is 0 Å². The van der Waals surface area contributed by atoms with Crippen molar-refractivity contribution < 1.29 is 0 Å². The van der Waals surface area contributed by atoms with E-state index in [4.69, 9.17) is 0 Å². The molecule has 100 valence electrons. The molecule has 2 nitrogen and oxygen atoms in total. The normalized spacial score (nSPS) is 11.6. The van der Waals surface area contributed by atoms with Crippen molar-refractivity contribution in [1.29, 1.82) is 0 Å². The molecule has 0 aliphatic rings. The van der Waals surface area contributed by atoms with Gasteiger partial charge in [-0.2, -0.15) is 0 Å². The Balaban J connectivity index is 2.37. The van der Waals surface area contributed by atoms with Gasteiger partial charge in [-0.1, -0.05) is 51.1 Å². The highest BCUT2D eigenvalue weighted by Gasteiger charge is 2.13. The van der Waals surface area contributed by atoms with Crippen molar-refractivity contribution in [2.75, 3.05) is 7.05 Å². The van der Waals surface area contributed by atoms with Gasteiger partial charge < -0.3 is 5.32 Å². The Morgan fingerprint density at radius 2 is 1.74 bits per heavy atom. The molecule has 1 N–H and O–H groups in total. The molecule has 0 atom stereocenters. The molecular weight excluding hydrogens is 232 g/mol. The van der Waals surface area contributed by atoms with Gasteiger partial charge in [-0.3, -0.25) is 4.98 Å². The summed E-state index contributed by atoms with van der Waals surface area (Å²) in [5.41, 5.74) is 5.08. The Hall–Kier alpha value is -1.67. The number of nitrogens with one attached hydrogen (secondary N) is 1. The molecule has 2 rings (SSSR count). The lowest BCUT2D eigenvalue weighted by atomic mass is 9.86. The van der Waals surface area contributed by atoms with Crippen LogP contribution in [0.25, 0.3) is 11.1 Å². The van der Waals surface area contributed by atoms with E-state index in [-0.39, 0.29) is 5.41 Å². The maximum absolute atomic E-state index is 4.45. The maximum atomic E-state index is 4.45. The standard InChI is InChI=1S/C17H22N2/c1-17(2,3)14-9-7-13(8-10-14)15-6-5-11-19-16(15)12-18-4/h5-11,18H,12H2,1-4H3. The first-order chi connectivity index (χ1) is 9.02. The fourth-order valence-electron chi connectivity index (χ4n) is 2.16. The fourth-order valence-corrected chi connectivity index (χ4v) is 2.16. The molecule has 1 aromatic heterocycles. The Labute approximate surface area is 115 Å². The van der Waals surface area contributed by atoms with Crippen LogP contribution in [0.3, 0.4) is 0 Å². The number of pyridine rings is 1. The molecule has 0 spiro atoms. The zero-order chi connectivity index (χ0) is 13.9. The van der Waals surface area contributed by atoms with Gasteiger partial charge in [0.25, 0.3) is 0 Å². The second-order valence-corrected chi connectivity index (χ2v) is 5.86. The van der Waals surface area contributed by atoms with E-state index in [1.807, 2.05) is 19.3 Å². The SMILES string of the molecule is CNCc1ncccc1-c1ccc(C(C)(C)C)cc1. The van der Waals surface area contributed by atoms with Crippen molar-refractivity contribution >= 4 is 0 Å². The number of aromatic nitrogens is 1. The van der Waals surface area contributed by atoms with E-state index >= 15 is 0 Å². The lowest BCUT2D eigenvalue weighted by Crippen LogP contribution is -2.11. The molecule has 0 fully saturated rings. The third-order valence-corrected chi connectivity index (χ3v) is 3.30. The molecule has 0 saturated carbocycles. The van der Waals surface area contributed by atoms with E-state index in [0.29, 0.717) is 0 Å². The second-order valence-electron chi connectivity index (χ2n) is 5.86. The summed E-state index contributed by atoms with van der Waals surface area (Å²) < 4.78 is 0. The summed E-state index contributed by atoms with van der Waals surface area (Å²) in [5, 5.41) is 3.17. The van der Waals surface area contributed by atoms with Crippen molar-refractivity contribution in [2.45, 2.75) is 32.7 Å². The summed E-state index contributed by atoms with van der Waals surface area (Å²) in [4.78, 5) is 4.45. The van der Waals surface area contributed by atoms with Crippen LogP contribution in [0.1, 0.15) is 32.0 Å². The monoisotopic (exact) mass is 254 g/mol. The lowest BCUT2D eigenvalue weighted by molar-refractivity contribution is 0.590. The van der Waals surface area contributed by atoms with Crippen LogP contribution in [0.15, 0.2) is 42.6 Å². The van der Waals surface area contributed by atoms with Gasteiger partial charge in [0.05, 0.1) is 5.69 Å². The van der Waals surface area contributed by atoms with Crippen LogP contribution in [-0.2, 0) is 12.0 Å². The molecule has 0 aliphatic heterocycles. The van der Waals surface area contributed by atoms with Crippen LogP contribution in [-0.4, -0.2) is 12.0 Å². The topological polar surface area (TPSA) is 24.9 Å². The van der Waals surface area contributed by atoms with Crippen molar-refractivity contribution in [1.82, 2.24) is 10.3 Å². The Morgan fingerprint density at radius 1 is 1.05 bits per heavy atom. The van der Waals surface area contributed by atoms with E-state index in [1.165, 1.54) is 16.7 Å². The summed E-state index contributed by atoms with van der Waals surface area (Å²) in [6, 6.07) is 12.9. The van der Waals surface area contributed by atoms with Gasteiger partial charge >= 0.3 is 0 Å². The van der Waals surface area contributed by atoms with Crippen molar-refractivity contribution in [2.24, 2.45) is 0 Å². The minimum absolute atomic E-state index is 0.196. The van der Waals surface area contributed by atoms with E-state index in [9.17, 15) is 0 Å². The molecule has 19 heavy (non-hydrogen) atoms. The van der Waals surface area contributed by atoms with E-state index in [0.717, 1.165) is 12.2 Å². The zero-order valence-corrected chi connectivity index (χ0v) is 12.2. The average Bonchev–Trinajstić information content (AvgIpc) is 2.39. The highest BCUT2D eigenvalue weighted by atomic mass is 14.8. The minimum Gasteiger partial charge on any atom is -0.314 e. The van der Waals surface area contributed by atoms with Gasteiger partial charge in [0.1, 0.15) is 0 Å². The quantitative estimate of drug-likeness (QED) is 0.902. The average molecular weight is 254 g/mol. The smallest absolute Gasteiger partial charge is 0.0619 e. The molecule has 1 heterocycles. The van der Waals surface area contributed by atoms with Crippen LogP contribution in [0.2, 0.25) is 0 Å². The van der Waals surface area contributed by atoms with Crippen LogP contribution in [0.4, 0.5) is 0 Å². The summed E-state index contributed by atoms with van der Waals surface area (Å²) in [7, 11) is 1.95. The van der Waals surface area contributed by atoms with Crippen LogP contribution in [0.5, 0.6) is 0 Å². The van der Waals surface area contributed by atoms with Gasteiger partial charge in [0.2, 0.25) is 0 Å². The number of rotatable bonds is 3. The Kier molecular flexibility index (Phi) is 4.01. The third-order valence-electron chi connectivity index (χ3n) is 3.30. The molecule has 0 radical (unpaired) electrons. The number of hydrogen-bond donors (Lipinski definition) is 1. The first kappa shape index (κ1) is 13.8. The van der Waals surface area contributed by atoms with Gasteiger partial charge in [-0.05, 0) is 29.7 Å². The molecule has 0 unspecified atom stereocenters. The summed E-state index contributed by atoms with van der Waals surface area (Å²) in [6.07, 6.45) is 1.85. The third kappa shape index (κ3) is 3.21. The molecule has 2 heteroatoms. The fraction of sp³-hybridized carbons (Fsp3) is 0.353. The molecule has 0 amide bonds. The summed E-state index contributed by atoms with van der Waals surface area (Å²) in [5.74, 6) is 0. The summed E-state index contributed by atoms with van der Waals surface area (Å²) in [6.45, 7) is 7.49. The van der Waals surface area contributed by atoms with Crippen LogP contribution in [0, 0.1) is 0 Å². The van der Waals surface area contributed by atoms with E-state index < -0.39 is 0 Å². The number of hydrogen-bond acceptors (Lipinski definition) is 2. The van der Waals surface area contributed by atoms with Gasteiger partial charge in [-0.15, -0.1) is 0 Å². The number of benzene rings is 1. The highest BCUT2D eigenvalue weighted by Crippen LogP contribution is 2.27. The van der Waals surface area contributed by atoms with Crippen LogP contribution < -0.4 is 5.32 Å². The largest absolute Gasteiger partial charge is 0.314 e. The Bertz CT molecular complexity index is 536. The maximum Gasteiger partial charge on any atom is 0.0619 e. The molecule has 0 bridgehead atoms. The minimum atomic E-state index is 0.196. The predicted octanol–water partition coefficient (Wildman–Crippen LogP) is 3.77. The highest BCUT2D eigenvalue weighted by molar-refractivity contribution is 5.66. The lowest BCUT2D eigenvalue weighted by Gasteiger charge is -2.19. The molecule has 0 aliphatic carbocycles. The number of nitrogens with zero attached hydrogens (tertiary/aromatic N) is 1. The predicted molar refractivity (Wildman–Crippen MR) is 81.1 cm³/mol. The van der Waals surface area contributed by atoms with Crippen molar-refractivity contribution in [3.8, 4) is 11.1 Å². The molecule has 0 saturated heterocycles. The van der Waals surface area contributed by atoms with Crippen LogP contribution >= 0.6 is 0 Å². The molecule has 1 aromatic carbocycles. The van der Waals surface area contributed by atoms with Gasteiger partial charge in [0, 0.05) is 18.3 Å². The zero-order valence-electron chi connectivity index (χ0n) is 12.2. The first-order valence-corrected chi connectivity index (χ1v) is 6.72. The van der Waals surface area contributed by atoms with E-state index in [2.05, 4.69) is 61.4 Å². The Morgan fingerprint density at radius 3 is 2.32 bits per heavy atom. The van der Waals surface area contributed by atoms with Crippen molar-refractivity contribution in [3.63, 3.8) is 0 Å². The van der Waals surface area contributed by atoms with Gasteiger partial charge in [-0.25, -0.2) is 0 Å². The molecule has 2 aromatic rings. The second kappa shape index (κ2) is 5.54. The summed E-state index contributed by atoms with van der Waals surface area (Å²) >= 11 is 0.